The van der Waals surface area contributed by atoms with Crippen molar-refractivity contribution in [3.63, 3.8) is 0 Å². The molecule has 1 fully saturated rings. The van der Waals surface area contributed by atoms with Gasteiger partial charge < -0.3 is 20.5 Å². The standard InChI is InChI=1S/C27H36N6O4/c1-5-6-17(2)33(27(35)36)21-8-7-20(15-22(21)37-4)24-25-18(3)29-11-14-32(25)26(30-24)19-9-12-31(13-10-19)23(34)16-28/h7-8,11,14-15,17,19H,5-6,9-10,12-13,16,28H2,1-4H3,(H,35,36). The lowest BCUT2D eigenvalue weighted by Gasteiger charge is -2.31. The van der Waals surface area contributed by atoms with E-state index in [2.05, 4.69) is 9.38 Å². The predicted octanol–water partition coefficient (Wildman–Crippen LogP) is 4.05. The Morgan fingerprint density at radius 3 is 2.65 bits per heavy atom. The number of anilines is 1. The summed E-state index contributed by atoms with van der Waals surface area (Å²) in [5, 5.41) is 9.94. The number of aryl methyl sites for hydroxylation is 1. The summed E-state index contributed by atoms with van der Waals surface area (Å²) in [5.41, 5.74) is 9.40. The second-order valence-corrected chi connectivity index (χ2v) is 9.59. The van der Waals surface area contributed by atoms with E-state index in [0.29, 0.717) is 24.5 Å². The second-order valence-electron chi connectivity index (χ2n) is 9.59. The van der Waals surface area contributed by atoms with E-state index < -0.39 is 6.09 Å². The third-order valence-corrected chi connectivity index (χ3v) is 7.22. The highest BCUT2D eigenvalue weighted by atomic mass is 16.5. The van der Waals surface area contributed by atoms with Crippen LogP contribution in [0.25, 0.3) is 16.8 Å². The summed E-state index contributed by atoms with van der Waals surface area (Å²) < 4.78 is 7.77. The van der Waals surface area contributed by atoms with Crippen LogP contribution in [-0.2, 0) is 4.79 Å². The first-order chi connectivity index (χ1) is 17.8. The van der Waals surface area contributed by atoms with E-state index in [1.807, 2.05) is 44.0 Å². The molecule has 2 aromatic heterocycles. The van der Waals surface area contributed by atoms with Crippen molar-refractivity contribution >= 4 is 23.2 Å². The van der Waals surface area contributed by atoms with Crippen molar-refractivity contribution in [3.05, 3.63) is 42.1 Å². The van der Waals surface area contributed by atoms with Gasteiger partial charge in [-0.15, -0.1) is 0 Å². The first-order valence-electron chi connectivity index (χ1n) is 12.8. The van der Waals surface area contributed by atoms with Gasteiger partial charge in [-0.2, -0.15) is 0 Å². The van der Waals surface area contributed by atoms with Crippen LogP contribution in [-0.4, -0.2) is 69.2 Å². The fourth-order valence-electron chi connectivity index (χ4n) is 5.32. The molecule has 0 saturated carbocycles. The fourth-order valence-corrected chi connectivity index (χ4v) is 5.32. The summed E-state index contributed by atoms with van der Waals surface area (Å²) in [6, 6.07) is 5.35. The number of amides is 2. The van der Waals surface area contributed by atoms with Gasteiger partial charge in [0, 0.05) is 43.0 Å². The quantitative estimate of drug-likeness (QED) is 0.470. The molecule has 1 aromatic carbocycles. The van der Waals surface area contributed by atoms with Crippen molar-refractivity contribution in [2.45, 2.75) is 58.4 Å². The van der Waals surface area contributed by atoms with Gasteiger partial charge in [0.15, 0.2) is 0 Å². The van der Waals surface area contributed by atoms with E-state index in [1.165, 1.54) is 4.90 Å². The number of hydrogen-bond donors (Lipinski definition) is 2. The number of methoxy groups -OCH3 is 1. The molecule has 198 valence electrons. The first kappa shape index (κ1) is 26.4. The van der Waals surface area contributed by atoms with Gasteiger partial charge in [0.1, 0.15) is 11.6 Å². The normalized spacial score (nSPS) is 15.1. The monoisotopic (exact) mass is 508 g/mol. The number of piperidine rings is 1. The average Bonchev–Trinajstić information content (AvgIpc) is 3.29. The third-order valence-electron chi connectivity index (χ3n) is 7.22. The fraction of sp³-hybridized carbons (Fsp3) is 0.481. The molecule has 1 aliphatic rings. The van der Waals surface area contributed by atoms with Crippen LogP contribution in [0.2, 0.25) is 0 Å². The van der Waals surface area contributed by atoms with Crippen LogP contribution in [0.1, 0.15) is 57.0 Å². The Morgan fingerprint density at radius 2 is 2.03 bits per heavy atom. The number of carboxylic acid groups (broad SMARTS) is 1. The van der Waals surface area contributed by atoms with Crippen molar-refractivity contribution in [3.8, 4) is 17.0 Å². The van der Waals surface area contributed by atoms with Crippen LogP contribution in [0, 0.1) is 6.92 Å². The van der Waals surface area contributed by atoms with E-state index in [4.69, 9.17) is 15.5 Å². The topological polar surface area (TPSA) is 126 Å². The van der Waals surface area contributed by atoms with Crippen molar-refractivity contribution in [2.24, 2.45) is 5.73 Å². The van der Waals surface area contributed by atoms with Crippen molar-refractivity contribution in [1.29, 1.82) is 0 Å². The van der Waals surface area contributed by atoms with E-state index in [1.54, 1.807) is 19.4 Å². The van der Waals surface area contributed by atoms with Crippen LogP contribution < -0.4 is 15.4 Å². The Labute approximate surface area is 217 Å². The lowest BCUT2D eigenvalue weighted by Crippen LogP contribution is -2.41. The number of benzene rings is 1. The van der Waals surface area contributed by atoms with Crippen LogP contribution in [0.3, 0.4) is 0 Å². The highest BCUT2D eigenvalue weighted by molar-refractivity contribution is 5.90. The minimum absolute atomic E-state index is 0.0250. The average molecular weight is 509 g/mol. The maximum absolute atomic E-state index is 12.1. The van der Waals surface area contributed by atoms with Gasteiger partial charge in [0.25, 0.3) is 0 Å². The number of nitrogens with two attached hydrogens (primary N) is 1. The van der Waals surface area contributed by atoms with Crippen molar-refractivity contribution in [2.75, 3.05) is 31.6 Å². The molecule has 1 atom stereocenters. The summed E-state index contributed by atoms with van der Waals surface area (Å²) in [7, 11) is 1.55. The summed E-state index contributed by atoms with van der Waals surface area (Å²) in [5.74, 6) is 1.56. The summed E-state index contributed by atoms with van der Waals surface area (Å²) in [6.45, 7) is 7.23. The summed E-state index contributed by atoms with van der Waals surface area (Å²) in [4.78, 5) is 37.0. The Kier molecular flexibility index (Phi) is 7.97. The maximum Gasteiger partial charge on any atom is 0.412 e. The highest BCUT2D eigenvalue weighted by Crippen LogP contribution is 2.38. The first-order valence-corrected chi connectivity index (χ1v) is 12.8. The number of imidazole rings is 1. The zero-order valence-corrected chi connectivity index (χ0v) is 22.0. The molecule has 0 aliphatic carbocycles. The molecule has 37 heavy (non-hydrogen) atoms. The minimum Gasteiger partial charge on any atom is -0.495 e. The van der Waals surface area contributed by atoms with Gasteiger partial charge in [-0.05, 0) is 45.2 Å². The number of ether oxygens (including phenoxy) is 1. The van der Waals surface area contributed by atoms with Gasteiger partial charge in [0.2, 0.25) is 5.91 Å². The molecule has 4 rings (SSSR count). The molecule has 3 aromatic rings. The number of carbonyl (C=O) groups is 2. The van der Waals surface area contributed by atoms with Crippen molar-refractivity contribution < 1.29 is 19.4 Å². The number of fused-ring (bicyclic) bond motifs is 1. The molecule has 1 aliphatic heterocycles. The number of carbonyl (C=O) groups excluding carboxylic acids is 1. The minimum atomic E-state index is -1.01. The van der Waals surface area contributed by atoms with Gasteiger partial charge in [-0.25, -0.2) is 9.78 Å². The van der Waals surface area contributed by atoms with Gasteiger partial charge in [0.05, 0.1) is 36.2 Å². The largest absolute Gasteiger partial charge is 0.495 e. The lowest BCUT2D eigenvalue weighted by atomic mass is 9.96. The Hall–Kier alpha value is -3.66. The molecule has 1 unspecified atom stereocenters. The molecule has 10 nitrogen and oxygen atoms in total. The molecule has 0 spiro atoms. The van der Waals surface area contributed by atoms with E-state index >= 15 is 0 Å². The van der Waals surface area contributed by atoms with Gasteiger partial charge in [-0.1, -0.05) is 19.4 Å². The number of aromatic nitrogens is 3. The maximum atomic E-state index is 12.1. The second kappa shape index (κ2) is 11.2. The molecular formula is C27H36N6O4. The summed E-state index contributed by atoms with van der Waals surface area (Å²) >= 11 is 0. The Balaban J connectivity index is 1.75. The molecule has 1 saturated heterocycles. The lowest BCUT2D eigenvalue weighted by molar-refractivity contribution is -0.130. The van der Waals surface area contributed by atoms with E-state index in [9.17, 15) is 14.7 Å². The smallest absolute Gasteiger partial charge is 0.412 e. The predicted molar refractivity (Wildman–Crippen MR) is 142 cm³/mol. The number of hydrogen-bond acceptors (Lipinski definition) is 6. The number of likely N-dealkylation sites (tertiary alicyclic amines) is 1. The van der Waals surface area contributed by atoms with Crippen LogP contribution in [0.4, 0.5) is 10.5 Å². The molecule has 0 bridgehead atoms. The Bertz CT molecular complexity index is 1280. The third kappa shape index (κ3) is 5.11. The van der Waals surface area contributed by atoms with Crippen LogP contribution in [0.5, 0.6) is 5.75 Å². The van der Waals surface area contributed by atoms with E-state index in [0.717, 1.165) is 54.0 Å². The van der Waals surface area contributed by atoms with Gasteiger partial charge >= 0.3 is 6.09 Å². The highest BCUT2D eigenvalue weighted by Gasteiger charge is 2.29. The van der Waals surface area contributed by atoms with Gasteiger partial charge in [-0.3, -0.25) is 19.1 Å². The number of rotatable bonds is 8. The van der Waals surface area contributed by atoms with E-state index in [-0.39, 0.29) is 24.4 Å². The van der Waals surface area contributed by atoms with Crippen molar-refractivity contribution in [1.82, 2.24) is 19.3 Å². The van der Waals surface area contributed by atoms with Crippen LogP contribution in [0.15, 0.2) is 30.6 Å². The summed E-state index contributed by atoms with van der Waals surface area (Å²) in [6.07, 6.45) is 5.91. The molecule has 3 heterocycles. The molecule has 10 heteroatoms. The SMILES string of the molecule is CCCC(C)N(C(=O)O)c1ccc(-c2nc(C3CCN(C(=O)CN)CC3)n3ccnc(C)c23)cc1OC. The Morgan fingerprint density at radius 1 is 1.30 bits per heavy atom. The zero-order valence-electron chi connectivity index (χ0n) is 22.0. The molecular weight excluding hydrogens is 472 g/mol. The van der Waals surface area contributed by atoms with Crippen LogP contribution >= 0.6 is 0 Å². The number of nitrogens with zero attached hydrogens (tertiary/aromatic N) is 5. The molecule has 0 radical (unpaired) electrons. The zero-order chi connectivity index (χ0) is 26.7. The molecule has 2 amide bonds. The molecule has 3 N–H and O–H groups in total.